The van der Waals surface area contributed by atoms with Crippen molar-refractivity contribution in [2.24, 2.45) is 0 Å². The van der Waals surface area contributed by atoms with Crippen molar-refractivity contribution in [1.29, 1.82) is 0 Å². The molecule has 0 saturated carbocycles. The number of carboxylic acid groups (broad SMARTS) is 1. The van der Waals surface area contributed by atoms with Crippen molar-refractivity contribution in [1.82, 2.24) is 9.47 Å². The molecule has 1 aromatic heterocycles. The van der Waals surface area contributed by atoms with E-state index in [0.29, 0.717) is 25.0 Å². The van der Waals surface area contributed by atoms with Crippen LogP contribution < -0.4 is 19.7 Å². The topological polar surface area (TPSA) is 82.8 Å². The van der Waals surface area contributed by atoms with Gasteiger partial charge >= 0.3 is 5.97 Å². The highest BCUT2D eigenvalue weighted by Crippen LogP contribution is 2.37. The molecule has 7 nitrogen and oxygen atoms in total. The number of hydrogen-bond acceptors (Lipinski definition) is 7. The smallest absolute Gasteiger partial charge is 0.323 e. The number of hydrogen-bond donors (Lipinski definition) is 1. The predicted molar refractivity (Wildman–Crippen MR) is 204 cm³/mol. The number of benzene rings is 2. The van der Waals surface area contributed by atoms with Gasteiger partial charge in [-0.1, -0.05) is 100 Å². The Morgan fingerprint density at radius 1 is 0.917 bits per heavy atom. The van der Waals surface area contributed by atoms with Crippen molar-refractivity contribution < 1.29 is 14.7 Å². The number of thioether (sulfide) groups is 1. The first kappa shape index (κ1) is 35.8. The second kappa shape index (κ2) is 16.8. The Kier molecular flexibility index (Phi) is 12.5. The average Bonchev–Trinajstić information content (AvgIpc) is 3.46. The van der Waals surface area contributed by atoms with Gasteiger partial charge in [-0.3, -0.25) is 23.9 Å². The monoisotopic (exact) mass is 703 g/mol. The predicted octanol–water partition coefficient (Wildman–Crippen LogP) is 7.24. The van der Waals surface area contributed by atoms with Crippen LogP contribution in [0, 0.1) is 0 Å². The van der Waals surface area contributed by atoms with Crippen LogP contribution in [0.4, 0.5) is 11.4 Å². The Labute approximate surface area is 296 Å². The molecule has 254 valence electrons. The van der Waals surface area contributed by atoms with Crippen LogP contribution in [0.3, 0.4) is 0 Å². The standard InChI is InChI=1S/C38H45N3O4S3/c1-4-7-9-13-21-40-30-16-12-11-15-28(30)18-19-29-23-27(17-20-31(29)40)22-26(14-10-8-5-2)24-32-35(44)41(25-33(42)43)37(47-32)34-36(45)39(6-3)38(46)48-34/h11-12,15-17,20,22-24H,4-10,13-14,18-19,21,25H2,1-3H3,(H,42,43)/b26-22+,32-24+,37-34+. The normalized spacial score (nSPS) is 16.4. The third-order valence-electron chi connectivity index (χ3n) is 8.87. The molecule has 1 fully saturated rings. The fraction of sp³-hybridized carbons (Fsp3) is 0.421. The third-order valence-corrected chi connectivity index (χ3v) is 11.6. The zero-order chi connectivity index (χ0) is 34.2. The Morgan fingerprint density at radius 3 is 2.38 bits per heavy atom. The van der Waals surface area contributed by atoms with Gasteiger partial charge in [-0.2, -0.15) is 0 Å². The molecule has 2 aromatic carbocycles. The highest BCUT2D eigenvalue weighted by molar-refractivity contribution is 8.30. The van der Waals surface area contributed by atoms with Crippen molar-refractivity contribution >= 4 is 79.9 Å². The van der Waals surface area contributed by atoms with E-state index in [4.69, 9.17) is 12.2 Å². The van der Waals surface area contributed by atoms with Gasteiger partial charge in [0.05, 0.1) is 4.53 Å². The third kappa shape index (κ3) is 8.21. The van der Waals surface area contributed by atoms with Crippen molar-refractivity contribution in [3.63, 3.8) is 0 Å². The quantitative estimate of drug-likeness (QED) is 0.140. The molecular formula is C38H45N3O4S3. The molecule has 0 unspecified atom stereocenters. The first-order valence-corrected chi connectivity index (χ1v) is 19.2. The molecule has 3 aromatic rings. The second-order valence-electron chi connectivity index (χ2n) is 12.4. The van der Waals surface area contributed by atoms with Gasteiger partial charge in [0.1, 0.15) is 20.4 Å². The number of aryl methyl sites for hydroxylation is 2. The van der Waals surface area contributed by atoms with Crippen LogP contribution in [-0.4, -0.2) is 43.9 Å². The summed E-state index contributed by atoms with van der Waals surface area (Å²) in [4.78, 5) is 43.0. The van der Waals surface area contributed by atoms with Gasteiger partial charge in [-0.25, -0.2) is 0 Å². The lowest BCUT2D eigenvalue weighted by Gasteiger charge is -2.27. The molecule has 1 saturated heterocycles. The van der Waals surface area contributed by atoms with Gasteiger partial charge in [0.25, 0.3) is 11.5 Å². The molecule has 0 radical (unpaired) electrons. The zero-order valence-electron chi connectivity index (χ0n) is 28.1. The molecule has 0 spiro atoms. The summed E-state index contributed by atoms with van der Waals surface area (Å²) in [6.45, 7) is 7.12. The maximum atomic E-state index is 13.7. The number of nitrogens with zero attached hydrogens (tertiary/aromatic N) is 3. The summed E-state index contributed by atoms with van der Waals surface area (Å²) in [7, 11) is 0. The number of carbonyl (C=O) groups excluding carboxylic acids is 1. The number of thiocarbonyl (C=S) groups is 1. The van der Waals surface area contributed by atoms with Crippen LogP contribution >= 0.6 is 35.3 Å². The van der Waals surface area contributed by atoms with E-state index in [-0.39, 0.29) is 5.91 Å². The highest BCUT2D eigenvalue weighted by atomic mass is 32.2. The summed E-state index contributed by atoms with van der Waals surface area (Å²) < 4.78 is 2.38. The summed E-state index contributed by atoms with van der Waals surface area (Å²) in [6, 6.07) is 15.5. The zero-order valence-corrected chi connectivity index (χ0v) is 30.6. The molecule has 5 rings (SSSR count). The van der Waals surface area contributed by atoms with Crippen molar-refractivity contribution in [2.45, 2.75) is 91.5 Å². The number of allylic oxidation sites excluding steroid dienone is 1. The Hall–Kier alpha value is -3.47. The molecule has 0 atom stereocenters. The van der Waals surface area contributed by atoms with E-state index in [1.807, 2.05) is 13.0 Å². The van der Waals surface area contributed by atoms with E-state index in [9.17, 15) is 19.5 Å². The van der Waals surface area contributed by atoms with Gasteiger partial charge in [0.15, 0.2) is 0 Å². The number of anilines is 2. The molecule has 10 heteroatoms. The number of aromatic nitrogens is 1. The van der Waals surface area contributed by atoms with Crippen LogP contribution in [0.1, 0.15) is 88.8 Å². The van der Waals surface area contributed by atoms with Gasteiger partial charge in [-0.15, -0.1) is 11.3 Å². The number of unbranched alkanes of at least 4 members (excludes halogenated alkanes) is 5. The fourth-order valence-corrected chi connectivity index (χ4v) is 9.05. The summed E-state index contributed by atoms with van der Waals surface area (Å²) >= 11 is 7.70. The molecular weight excluding hydrogens is 659 g/mol. The molecule has 2 aliphatic heterocycles. The minimum absolute atomic E-state index is 0.287. The fourth-order valence-electron chi connectivity index (χ4n) is 6.40. The first-order chi connectivity index (χ1) is 23.2. The summed E-state index contributed by atoms with van der Waals surface area (Å²) in [6.07, 6.45) is 14.7. The van der Waals surface area contributed by atoms with Gasteiger partial charge in [0, 0.05) is 24.5 Å². The molecule has 2 aliphatic rings. The minimum atomic E-state index is -1.14. The SMILES string of the molecule is CCCCCCN1c2ccccc2CCc2cc(/C=C(/C=c3/s/c(=C4/SC(=S)N(CC)C4=O)n(CC(=O)O)c3=O)CCCCC)ccc21. The van der Waals surface area contributed by atoms with E-state index < -0.39 is 18.1 Å². The lowest BCUT2D eigenvalue weighted by Crippen LogP contribution is -2.35. The number of fused-ring (bicyclic) bond motifs is 2. The number of thiazole rings is 1. The minimum Gasteiger partial charge on any atom is -0.480 e. The largest absolute Gasteiger partial charge is 0.480 e. The van der Waals surface area contributed by atoms with Gasteiger partial charge in [0.2, 0.25) is 0 Å². The molecule has 0 bridgehead atoms. The maximum absolute atomic E-state index is 13.7. The van der Waals surface area contributed by atoms with Crippen LogP contribution in [0.5, 0.6) is 0 Å². The number of carboxylic acids is 1. The van der Waals surface area contributed by atoms with E-state index >= 15 is 0 Å². The van der Waals surface area contributed by atoms with Crippen LogP contribution in [-0.2, 0) is 29.0 Å². The van der Waals surface area contributed by atoms with Gasteiger partial charge in [-0.05, 0) is 85.6 Å². The second-order valence-corrected chi connectivity index (χ2v) is 15.0. The first-order valence-electron chi connectivity index (χ1n) is 17.2. The van der Waals surface area contributed by atoms with Crippen molar-refractivity contribution in [3.05, 3.63) is 84.3 Å². The van der Waals surface area contributed by atoms with Crippen LogP contribution in [0.2, 0.25) is 0 Å². The maximum Gasteiger partial charge on any atom is 0.323 e. The van der Waals surface area contributed by atoms with Crippen LogP contribution in [0.15, 0.2) is 52.8 Å². The molecule has 0 aliphatic carbocycles. The highest BCUT2D eigenvalue weighted by Gasteiger charge is 2.33. The average molecular weight is 704 g/mol. The van der Waals surface area contributed by atoms with Crippen molar-refractivity contribution in [3.8, 4) is 0 Å². The van der Waals surface area contributed by atoms with Crippen LogP contribution in [0.25, 0.3) is 17.1 Å². The molecule has 48 heavy (non-hydrogen) atoms. The van der Waals surface area contributed by atoms with Crippen molar-refractivity contribution in [2.75, 3.05) is 18.0 Å². The number of carbonyl (C=O) groups is 2. The van der Waals surface area contributed by atoms with Gasteiger partial charge < -0.3 is 10.0 Å². The molecule has 3 heterocycles. The summed E-state index contributed by atoms with van der Waals surface area (Å²) in [5.41, 5.74) is 6.94. The lowest BCUT2D eigenvalue weighted by molar-refractivity contribution is -0.137. The Balaban J connectivity index is 1.58. The number of rotatable bonds is 14. The number of amides is 1. The summed E-state index contributed by atoms with van der Waals surface area (Å²) in [5, 5.41) is 9.65. The summed E-state index contributed by atoms with van der Waals surface area (Å²) in [5.74, 6) is -1.43. The Morgan fingerprint density at radius 2 is 1.65 bits per heavy atom. The molecule has 1 amide bonds. The van der Waals surface area contributed by atoms with E-state index in [0.717, 1.165) is 74.4 Å². The van der Waals surface area contributed by atoms with E-state index in [2.05, 4.69) is 67.3 Å². The van der Waals surface area contributed by atoms with E-state index in [1.54, 1.807) is 0 Å². The number of aliphatic carboxylic acids is 1. The Bertz CT molecular complexity index is 1890. The lowest BCUT2D eigenvalue weighted by atomic mass is 9.99. The molecule has 1 N–H and O–H groups in total. The number of para-hydroxylation sites is 1. The van der Waals surface area contributed by atoms with E-state index in [1.165, 1.54) is 62.6 Å².